The first kappa shape index (κ1) is 16.0. The van der Waals surface area contributed by atoms with Crippen LogP contribution in [0.25, 0.3) is 0 Å². The van der Waals surface area contributed by atoms with Crippen molar-refractivity contribution in [3.63, 3.8) is 0 Å². The lowest BCUT2D eigenvalue weighted by atomic mass is 10.3. The van der Waals surface area contributed by atoms with Gasteiger partial charge in [-0.05, 0) is 24.3 Å². The number of para-hydroxylation sites is 2. The van der Waals surface area contributed by atoms with Gasteiger partial charge in [0.1, 0.15) is 5.75 Å². The molecular weight excluding hydrogens is 329 g/mol. The van der Waals surface area contributed by atoms with Crippen LogP contribution in [0.15, 0.2) is 47.4 Å². The predicted molar refractivity (Wildman–Crippen MR) is 88.5 cm³/mol. The Bertz CT molecular complexity index is 629. The Labute approximate surface area is 137 Å². The second-order valence-electron chi connectivity index (χ2n) is 4.21. The standard InChI is InChI=1S/C15H13Cl2NO2S/c16-10-4-3-5-11(17)15(10)18-14(20)8-9-21-13-7-2-1-6-12(13)19/h1-7,19H,8-9H2,(H,18,20). The lowest BCUT2D eigenvalue weighted by Crippen LogP contribution is -2.12. The van der Waals surface area contributed by atoms with Crippen LogP contribution in [0.5, 0.6) is 5.75 Å². The molecule has 0 atom stereocenters. The SMILES string of the molecule is O=C(CCSc1ccccc1O)Nc1c(Cl)cccc1Cl. The zero-order chi connectivity index (χ0) is 15.2. The predicted octanol–water partition coefficient (Wildman–Crippen LogP) is 4.82. The molecule has 110 valence electrons. The average molecular weight is 342 g/mol. The van der Waals surface area contributed by atoms with Crippen molar-refractivity contribution >= 4 is 46.6 Å². The molecule has 1 amide bonds. The summed E-state index contributed by atoms with van der Waals surface area (Å²) in [6, 6.07) is 12.1. The highest BCUT2D eigenvalue weighted by atomic mass is 35.5. The van der Waals surface area contributed by atoms with E-state index < -0.39 is 0 Å². The molecule has 0 aromatic heterocycles. The van der Waals surface area contributed by atoms with E-state index >= 15 is 0 Å². The molecule has 6 heteroatoms. The van der Waals surface area contributed by atoms with Crippen LogP contribution < -0.4 is 5.32 Å². The minimum absolute atomic E-state index is 0.173. The molecule has 0 heterocycles. The van der Waals surface area contributed by atoms with Gasteiger partial charge in [0.15, 0.2) is 0 Å². The lowest BCUT2D eigenvalue weighted by Gasteiger charge is -2.09. The Morgan fingerprint density at radius 1 is 1.10 bits per heavy atom. The number of aromatic hydroxyl groups is 1. The summed E-state index contributed by atoms with van der Waals surface area (Å²) in [7, 11) is 0. The van der Waals surface area contributed by atoms with Gasteiger partial charge in [0.2, 0.25) is 5.91 Å². The number of carbonyl (C=O) groups is 1. The fourth-order valence-corrected chi connectivity index (χ4v) is 3.04. The number of amides is 1. The fraction of sp³-hybridized carbons (Fsp3) is 0.133. The van der Waals surface area contributed by atoms with Gasteiger partial charge in [-0.15, -0.1) is 11.8 Å². The minimum Gasteiger partial charge on any atom is -0.507 e. The van der Waals surface area contributed by atoms with E-state index in [9.17, 15) is 9.90 Å². The molecule has 0 fully saturated rings. The van der Waals surface area contributed by atoms with Crippen LogP contribution in [0.1, 0.15) is 6.42 Å². The van der Waals surface area contributed by atoms with Crippen molar-refractivity contribution in [2.45, 2.75) is 11.3 Å². The third-order valence-corrected chi connectivity index (χ3v) is 4.37. The first-order valence-electron chi connectivity index (χ1n) is 6.22. The molecule has 3 nitrogen and oxygen atoms in total. The lowest BCUT2D eigenvalue weighted by molar-refractivity contribution is -0.115. The number of thioether (sulfide) groups is 1. The zero-order valence-corrected chi connectivity index (χ0v) is 13.3. The van der Waals surface area contributed by atoms with Crippen LogP contribution in [0.3, 0.4) is 0 Å². The van der Waals surface area contributed by atoms with Gasteiger partial charge in [-0.1, -0.05) is 41.4 Å². The van der Waals surface area contributed by atoms with E-state index in [4.69, 9.17) is 23.2 Å². The van der Waals surface area contributed by atoms with Crippen molar-refractivity contribution in [1.82, 2.24) is 0 Å². The normalized spacial score (nSPS) is 10.4. The van der Waals surface area contributed by atoms with E-state index in [2.05, 4.69) is 5.32 Å². The monoisotopic (exact) mass is 341 g/mol. The summed E-state index contributed by atoms with van der Waals surface area (Å²) < 4.78 is 0. The largest absolute Gasteiger partial charge is 0.507 e. The number of benzene rings is 2. The van der Waals surface area contributed by atoms with E-state index in [0.29, 0.717) is 27.9 Å². The molecule has 0 aliphatic rings. The van der Waals surface area contributed by atoms with Crippen LogP contribution >= 0.6 is 35.0 Å². The second kappa shape index (κ2) is 7.59. The Morgan fingerprint density at radius 2 is 1.76 bits per heavy atom. The summed E-state index contributed by atoms with van der Waals surface area (Å²) >= 11 is 13.4. The number of carbonyl (C=O) groups excluding carboxylic acids is 1. The van der Waals surface area contributed by atoms with Crippen molar-refractivity contribution in [2.24, 2.45) is 0 Å². The van der Waals surface area contributed by atoms with Crippen LogP contribution in [0, 0.1) is 0 Å². The highest BCUT2D eigenvalue weighted by Crippen LogP contribution is 2.31. The number of nitrogens with one attached hydrogen (secondary N) is 1. The van der Waals surface area contributed by atoms with Gasteiger partial charge in [0, 0.05) is 17.1 Å². The quantitative estimate of drug-likeness (QED) is 0.766. The zero-order valence-electron chi connectivity index (χ0n) is 11.0. The van der Waals surface area contributed by atoms with Gasteiger partial charge >= 0.3 is 0 Å². The topological polar surface area (TPSA) is 49.3 Å². The smallest absolute Gasteiger partial charge is 0.225 e. The van der Waals surface area contributed by atoms with E-state index in [1.807, 2.05) is 12.1 Å². The minimum atomic E-state index is -0.173. The van der Waals surface area contributed by atoms with Crippen molar-refractivity contribution in [3.05, 3.63) is 52.5 Å². The molecule has 0 radical (unpaired) electrons. The molecular formula is C15H13Cl2NO2S. The highest BCUT2D eigenvalue weighted by Gasteiger charge is 2.10. The van der Waals surface area contributed by atoms with E-state index in [1.54, 1.807) is 30.3 Å². The van der Waals surface area contributed by atoms with Gasteiger partial charge in [-0.25, -0.2) is 0 Å². The molecule has 2 N–H and O–H groups in total. The average Bonchev–Trinajstić information content (AvgIpc) is 2.45. The summed E-state index contributed by atoms with van der Waals surface area (Å²) in [6.07, 6.45) is 0.292. The number of phenols is 1. The van der Waals surface area contributed by atoms with Crippen LogP contribution in [-0.2, 0) is 4.79 Å². The molecule has 2 aromatic rings. The Morgan fingerprint density at radius 3 is 2.43 bits per heavy atom. The molecule has 0 saturated heterocycles. The maximum atomic E-state index is 11.9. The first-order chi connectivity index (χ1) is 10.1. The number of hydrogen-bond donors (Lipinski definition) is 2. The number of hydrogen-bond acceptors (Lipinski definition) is 3. The van der Waals surface area contributed by atoms with Crippen LogP contribution in [0.4, 0.5) is 5.69 Å². The third kappa shape index (κ3) is 4.56. The van der Waals surface area contributed by atoms with Gasteiger partial charge in [0.25, 0.3) is 0 Å². The molecule has 0 unspecified atom stereocenters. The Kier molecular flexibility index (Phi) is 5.79. The Hall–Kier alpha value is -1.36. The van der Waals surface area contributed by atoms with Crippen molar-refractivity contribution in [2.75, 3.05) is 11.1 Å². The number of anilines is 1. The molecule has 2 aromatic carbocycles. The van der Waals surface area contributed by atoms with Gasteiger partial charge in [-0.2, -0.15) is 0 Å². The van der Waals surface area contributed by atoms with Crippen molar-refractivity contribution < 1.29 is 9.90 Å². The number of rotatable bonds is 5. The van der Waals surface area contributed by atoms with E-state index in [1.165, 1.54) is 11.8 Å². The van der Waals surface area contributed by atoms with Crippen LogP contribution in [-0.4, -0.2) is 16.8 Å². The summed E-state index contributed by atoms with van der Waals surface area (Å²) in [5.41, 5.74) is 0.429. The van der Waals surface area contributed by atoms with Gasteiger partial charge in [0.05, 0.1) is 15.7 Å². The highest BCUT2D eigenvalue weighted by molar-refractivity contribution is 7.99. The fourth-order valence-electron chi connectivity index (χ4n) is 1.65. The summed E-state index contributed by atoms with van der Waals surface area (Å²) in [4.78, 5) is 12.6. The number of phenolic OH excluding ortho intramolecular Hbond substituents is 1. The molecule has 0 spiro atoms. The van der Waals surface area contributed by atoms with Gasteiger partial charge < -0.3 is 10.4 Å². The molecule has 2 rings (SSSR count). The molecule has 0 bridgehead atoms. The maximum Gasteiger partial charge on any atom is 0.225 e. The summed E-state index contributed by atoms with van der Waals surface area (Å²) in [5, 5.41) is 13.1. The van der Waals surface area contributed by atoms with E-state index in [0.717, 1.165) is 4.90 Å². The van der Waals surface area contributed by atoms with Crippen molar-refractivity contribution in [3.8, 4) is 5.75 Å². The van der Waals surface area contributed by atoms with Crippen LogP contribution in [0.2, 0.25) is 10.0 Å². The molecule has 21 heavy (non-hydrogen) atoms. The molecule has 0 aliphatic carbocycles. The summed E-state index contributed by atoms with van der Waals surface area (Å²) in [5.74, 6) is 0.593. The van der Waals surface area contributed by atoms with Crippen molar-refractivity contribution in [1.29, 1.82) is 0 Å². The number of halogens is 2. The third-order valence-electron chi connectivity index (χ3n) is 2.68. The Balaban J connectivity index is 1.87. The van der Waals surface area contributed by atoms with E-state index in [-0.39, 0.29) is 11.7 Å². The maximum absolute atomic E-state index is 11.9. The second-order valence-corrected chi connectivity index (χ2v) is 6.16. The molecule has 0 saturated carbocycles. The van der Waals surface area contributed by atoms with Gasteiger partial charge in [-0.3, -0.25) is 4.79 Å². The summed E-state index contributed by atoms with van der Waals surface area (Å²) in [6.45, 7) is 0. The molecule has 0 aliphatic heterocycles. The first-order valence-corrected chi connectivity index (χ1v) is 7.96.